The molecule has 2 aromatic rings. The van der Waals surface area contributed by atoms with Crippen LogP contribution in [0.3, 0.4) is 0 Å². The summed E-state index contributed by atoms with van der Waals surface area (Å²) in [5.74, 6) is -0.523. The highest BCUT2D eigenvalue weighted by atomic mass is 16.2. The number of amides is 2. The van der Waals surface area contributed by atoms with E-state index in [1.807, 2.05) is 64.1 Å². The second-order valence-electron chi connectivity index (χ2n) is 6.47. The number of nitrogens with zero attached hydrogens (tertiary/aromatic N) is 1. The number of carbonyl (C=O) groups is 2. The SMILES string of the molecule is CCN1C(=O)C(Nc2cc(C)cc(C)c2)=C(c2ccc(C)cc2)C1=O. The minimum atomic E-state index is -0.276. The van der Waals surface area contributed by atoms with Crippen LogP contribution in [0.2, 0.25) is 0 Å². The summed E-state index contributed by atoms with van der Waals surface area (Å²) < 4.78 is 0. The zero-order chi connectivity index (χ0) is 18.1. The molecule has 0 bridgehead atoms. The van der Waals surface area contributed by atoms with Crippen molar-refractivity contribution in [3.8, 4) is 0 Å². The van der Waals surface area contributed by atoms with E-state index in [-0.39, 0.29) is 11.8 Å². The van der Waals surface area contributed by atoms with E-state index in [0.717, 1.165) is 27.9 Å². The van der Waals surface area contributed by atoms with E-state index in [9.17, 15) is 9.59 Å². The van der Waals surface area contributed by atoms with Gasteiger partial charge in [-0.05, 0) is 56.5 Å². The fraction of sp³-hybridized carbons (Fsp3) is 0.238. The molecule has 2 amide bonds. The van der Waals surface area contributed by atoms with Crippen LogP contribution < -0.4 is 5.32 Å². The van der Waals surface area contributed by atoms with Crippen LogP contribution in [-0.4, -0.2) is 23.3 Å². The summed E-state index contributed by atoms with van der Waals surface area (Å²) in [6.45, 7) is 8.17. The molecule has 0 saturated carbocycles. The van der Waals surface area contributed by atoms with Crippen LogP contribution in [0.5, 0.6) is 0 Å². The molecule has 0 aliphatic carbocycles. The average Bonchev–Trinajstić information content (AvgIpc) is 2.78. The fourth-order valence-corrected chi connectivity index (χ4v) is 3.16. The predicted molar refractivity (Wildman–Crippen MR) is 100 cm³/mol. The van der Waals surface area contributed by atoms with Crippen molar-refractivity contribution in [1.82, 2.24) is 4.90 Å². The molecule has 1 heterocycles. The number of benzene rings is 2. The van der Waals surface area contributed by atoms with Gasteiger partial charge in [0, 0.05) is 12.2 Å². The standard InChI is InChI=1S/C21H22N2O2/c1-5-23-20(24)18(16-8-6-13(2)7-9-16)19(21(23)25)22-17-11-14(3)10-15(4)12-17/h6-12,22H,5H2,1-4H3. The van der Waals surface area contributed by atoms with Gasteiger partial charge < -0.3 is 5.32 Å². The number of hydrogen-bond acceptors (Lipinski definition) is 3. The lowest BCUT2D eigenvalue weighted by molar-refractivity contribution is -0.136. The van der Waals surface area contributed by atoms with Crippen LogP contribution in [0.15, 0.2) is 48.2 Å². The maximum atomic E-state index is 12.8. The van der Waals surface area contributed by atoms with Gasteiger partial charge in [-0.3, -0.25) is 14.5 Å². The molecule has 128 valence electrons. The first kappa shape index (κ1) is 17.0. The van der Waals surface area contributed by atoms with Gasteiger partial charge in [-0.25, -0.2) is 0 Å². The molecule has 25 heavy (non-hydrogen) atoms. The van der Waals surface area contributed by atoms with Crippen molar-refractivity contribution in [3.63, 3.8) is 0 Å². The van der Waals surface area contributed by atoms with Crippen molar-refractivity contribution < 1.29 is 9.59 Å². The minimum absolute atomic E-state index is 0.247. The van der Waals surface area contributed by atoms with Crippen LogP contribution in [0, 0.1) is 20.8 Å². The molecule has 0 fully saturated rings. The molecule has 0 unspecified atom stereocenters. The summed E-state index contributed by atoms with van der Waals surface area (Å²) in [6, 6.07) is 13.7. The van der Waals surface area contributed by atoms with Gasteiger partial charge in [0.1, 0.15) is 5.70 Å². The molecule has 0 spiro atoms. The Bertz CT molecular complexity index is 859. The van der Waals surface area contributed by atoms with E-state index in [2.05, 4.69) is 11.4 Å². The zero-order valence-electron chi connectivity index (χ0n) is 15.0. The van der Waals surface area contributed by atoms with E-state index in [1.54, 1.807) is 0 Å². The number of aryl methyl sites for hydroxylation is 3. The van der Waals surface area contributed by atoms with Crippen molar-refractivity contribution in [2.45, 2.75) is 27.7 Å². The number of imide groups is 1. The van der Waals surface area contributed by atoms with Gasteiger partial charge in [0.05, 0.1) is 5.57 Å². The topological polar surface area (TPSA) is 49.4 Å². The van der Waals surface area contributed by atoms with Crippen LogP contribution >= 0.6 is 0 Å². The molecule has 0 atom stereocenters. The summed E-state index contributed by atoms with van der Waals surface area (Å²) in [4.78, 5) is 26.8. The van der Waals surface area contributed by atoms with E-state index >= 15 is 0 Å². The summed E-state index contributed by atoms with van der Waals surface area (Å²) in [6.07, 6.45) is 0. The molecule has 0 radical (unpaired) electrons. The summed E-state index contributed by atoms with van der Waals surface area (Å²) >= 11 is 0. The third kappa shape index (κ3) is 3.20. The zero-order valence-corrected chi connectivity index (χ0v) is 15.0. The van der Waals surface area contributed by atoms with Crippen LogP contribution in [0.25, 0.3) is 5.57 Å². The Hall–Kier alpha value is -2.88. The van der Waals surface area contributed by atoms with Crippen LogP contribution in [-0.2, 0) is 9.59 Å². The number of likely N-dealkylation sites (N-methyl/N-ethyl adjacent to an activating group) is 1. The van der Waals surface area contributed by atoms with E-state index in [4.69, 9.17) is 0 Å². The first-order valence-corrected chi connectivity index (χ1v) is 8.43. The average molecular weight is 334 g/mol. The Balaban J connectivity index is 2.10. The van der Waals surface area contributed by atoms with Gasteiger partial charge in [0.25, 0.3) is 11.8 Å². The summed E-state index contributed by atoms with van der Waals surface area (Å²) in [7, 11) is 0. The number of hydrogen-bond donors (Lipinski definition) is 1. The van der Waals surface area contributed by atoms with Crippen LogP contribution in [0.1, 0.15) is 29.2 Å². The Labute approximate surface area is 148 Å². The Morgan fingerprint density at radius 3 is 2.00 bits per heavy atom. The molecule has 0 aromatic heterocycles. The second kappa shape index (κ2) is 6.55. The van der Waals surface area contributed by atoms with Gasteiger partial charge in [0.2, 0.25) is 0 Å². The normalized spacial score (nSPS) is 14.5. The smallest absolute Gasteiger partial charge is 0.278 e. The first-order valence-electron chi connectivity index (χ1n) is 8.43. The molecule has 1 aliphatic rings. The quantitative estimate of drug-likeness (QED) is 0.865. The fourth-order valence-electron chi connectivity index (χ4n) is 3.16. The number of carbonyl (C=O) groups excluding carboxylic acids is 2. The third-order valence-corrected chi connectivity index (χ3v) is 4.32. The minimum Gasteiger partial charge on any atom is -0.350 e. The lowest BCUT2D eigenvalue weighted by Gasteiger charge is -2.12. The monoisotopic (exact) mass is 334 g/mol. The first-order chi connectivity index (χ1) is 11.9. The number of nitrogens with one attached hydrogen (secondary N) is 1. The van der Waals surface area contributed by atoms with E-state index in [0.29, 0.717) is 17.8 Å². The largest absolute Gasteiger partial charge is 0.350 e. The van der Waals surface area contributed by atoms with E-state index < -0.39 is 0 Å². The van der Waals surface area contributed by atoms with Gasteiger partial charge in [-0.15, -0.1) is 0 Å². The second-order valence-corrected chi connectivity index (χ2v) is 6.47. The van der Waals surface area contributed by atoms with Gasteiger partial charge >= 0.3 is 0 Å². The van der Waals surface area contributed by atoms with Crippen LogP contribution in [0.4, 0.5) is 5.69 Å². The lowest BCUT2D eigenvalue weighted by atomic mass is 10.0. The molecule has 0 saturated heterocycles. The highest BCUT2D eigenvalue weighted by Crippen LogP contribution is 2.30. The van der Waals surface area contributed by atoms with Gasteiger partial charge in [0.15, 0.2) is 0 Å². The molecule has 1 N–H and O–H groups in total. The Morgan fingerprint density at radius 2 is 1.44 bits per heavy atom. The van der Waals surface area contributed by atoms with E-state index in [1.165, 1.54) is 4.90 Å². The molecule has 4 nitrogen and oxygen atoms in total. The summed E-state index contributed by atoms with van der Waals surface area (Å²) in [5.41, 5.74) is 5.67. The molecule has 3 rings (SSSR count). The Kier molecular flexibility index (Phi) is 4.45. The Morgan fingerprint density at radius 1 is 0.840 bits per heavy atom. The summed E-state index contributed by atoms with van der Waals surface area (Å²) in [5, 5.41) is 3.20. The number of rotatable bonds is 4. The molecule has 1 aliphatic heterocycles. The lowest BCUT2D eigenvalue weighted by Crippen LogP contribution is -2.32. The molecular weight excluding hydrogens is 312 g/mol. The maximum absolute atomic E-state index is 12.8. The molecule has 4 heteroatoms. The molecule has 2 aromatic carbocycles. The highest BCUT2D eigenvalue weighted by Gasteiger charge is 2.38. The molecular formula is C21H22N2O2. The van der Waals surface area contributed by atoms with Crippen molar-refractivity contribution in [3.05, 3.63) is 70.4 Å². The number of anilines is 1. The maximum Gasteiger partial charge on any atom is 0.278 e. The van der Waals surface area contributed by atoms with Crippen molar-refractivity contribution in [2.75, 3.05) is 11.9 Å². The van der Waals surface area contributed by atoms with Crippen molar-refractivity contribution >= 4 is 23.1 Å². The third-order valence-electron chi connectivity index (χ3n) is 4.32. The van der Waals surface area contributed by atoms with Gasteiger partial charge in [-0.1, -0.05) is 35.9 Å². The highest BCUT2D eigenvalue weighted by molar-refractivity contribution is 6.36. The van der Waals surface area contributed by atoms with Crippen molar-refractivity contribution in [2.24, 2.45) is 0 Å². The van der Waals surface area contributed by atoms with Gasteiger partial charge in [-0.2, -0.15) is 0 Å². The van der Waals surface area contributed by atoms with Crippen molar-refractivity contribution in [1.29, 1.82) is 0 Å². The predicted octanol–water partition coefficient (Wildman–Crippen LogP) is 3.82.